The molecule has 3 nitrogen and oxygen atoms in total. The van der Waals surface area contributed by atoms with Crippen LogP contribution in [0.5, 0.6) is 0 Å². The molecule has 1 heterocycles. The maximum Gasteiger partial charge on any atom is 0.254 e. The van der Waals surface area contributed by atoms with Gasteiger partial charge in [-0.15, -0.1) is 0 Å². The first-order chi connectivity index (χ1) is 10.3. The maximum absolute atomic E-state index is 12.8. The number of hydrogen-bond acceptors (Lipinski definition) is 2. The first kappa shape index (κ1) is 14.6. The van der Waals surface area contributed by atoms with Gasteiger partial charge in [0.25, 0.3) is 5.91 Å². The Morgan fingerprint density at radius 2 is 1.76 bits per heavy atom. The Hall–Kier alpha value is -1.35. The molecule has 0 spiro atoms. The van der Waals surface area contributed by atoms with E-state index in [2.05, 4.69) is 4.90 Å². The Morgan fingerprint density at radius 3 is 2.43 bits per heavy atom. The van der Waals surface area contributed by atoms with E-state index in [0.717, 1.165) is 30.0 Å². The second-order valence-electron chi connectivity index (χ2n) is 6.51. The van der Waals surface area contributed by atoms with Crippen LogP contribution in [-0.4, -0.2) is 23.4 Å². The molecule has 1 saturated carbocycles. The van der Waals surface area contributed by atoms with E-state index in [1.54, 1.807) is 0 Å². The zero-order valence-electron chi connectivity index (χ0n) is 12.8. The van der Waals surface area contributed by atoms with Gasteiger partial charge in [0.1, 0.15) is 0 Å². The summed E-state index contributed by atoms with van der Waals surface area (Å²) in [5, 5.41) is 0. The van der Waals surface area contributed by atoms with Crippen LogP contribution in [0.4, 0.5) is 0 Å². The Balaban J connectivity index is 1.72. The summed E-state index contributed by atoms with van der Waals surface area (Å²) in [6, 6.07) is 8.28. The number of nitrogens with zero attached hydrogens (tertiary/aromatic N) is 1. The lowest BCUT2D eigenvalue weighted by molar-refractivity contribution is 0.0661. The number of amides is 1. The number of carbonyl (C=O) groups is 1. The highest BCUT2D eigenvalue weighted by Gasteiger charge is 2.35. The molecule has 1 saturated heterocycles. The smallest absolute Gasteiger partial charge is 0.254 e. The number of nitrogens with two attached hydrogens (primary N) is 1. The van der Waals surface area contributed by atoms with E-state index in [9.17, 15) is 4.79 Å². The lowest BCUT2D eigenvalue weighted by Crippen LogP contribution is -2.40. The van der Waals surface area contributed by atoms with Crippen LogP contribution in [0.3, 0.4) is 0 Å². The molecule has 2 fully saturated rings. The summed E-state index contributed by atoms with van der Waals surface area (Å²) >= 11 is 0. The molecule has 1 aromatic carbocycles. The SMILES string of the molecule is NCc1ccc(C(=O)N2CCCC2C2CCCCC2)cc1. The van der Waals surface area contributed by atoms with E-state index in [1.165, 1.54) is 38.5 Å². The minimum absolute atomic E-state index is 0.214. The summed E-state index contributed by atoms with van der Waals surface area (Å²) in [5.41, 5.74) is 7.52. The van der Waals surface area contributed by atoms with Crippen molar-refractivity contribution in [3.05, 3.63) is 35.4 Å². The average Bonchev–Trinajstić information content (AvgIpc) is 3.04. The number of likely N-dealkylation sites (tertiary alicyclic amines) is 1. The highest BCUT2D eigenvalue weighted by atomic mass is 16.2. The van der Waals surface area contributed by atoms with Crippen LogP contribution >= 0.6 is 0 Å². The van der Waals surface area contributed by atoms with Gasteiger partial charge in [0, 0.05) is 24.7 Å². The summed E-state index contributed by atoms with van der Waals surface area (Å²) in [5.74, 6) is 0.945. The van der Waals surface area contributed by atoms with Crippen molar-refractivity contribution in [3.63, 3.8) is 0 Å². The summed E-state index contributed by atoms with van der Waals surface area (Å²) in [7, 11) is 0. The lowest BCUT2D eigenvalue weighted by Gasteiger charge is -2.34. The number of rotatable bonds is 3. The fraction of sp³-hybridized carbons (Fsp3) is 0.611. The molecular formula is C18H26N2O. The maximum atomic E-state index is 12.8. The second-order valence-corrected chi connectivity index (χ2v) is 6.51. The first-order valence-corrected chi connectivity index (χ1v) is 8.39. The lowest BCUT2D eigenvalue weighted by atomic mass is 9.83. The molecule has 1 unspecified atom stereocenters. The molecule has 0 radical (unpaired) electrons. The van der Waals surface area contributed by atoms with Crippen LogP contribution in [0, 0.1) is 5.92 Å². The molecule has 1 aromatic rings. The van der Waals surface area contributed by atoms with Crippen molar-refractivity contribution in [1.82, 2.24) is 4.90 Å². The van der Waals surface area contributed by atoms with Gasteiger partial charge in [0.2, 0.25) is 0 Å². The van der Waals surface area contributed by atoms with Gasteiger partial charge in [-0.05, 0) is 49.3 Å². The number of hydrogen-bond donors (Lipinski definition) is 1. The second kappa shape index (κ2) is 6.61. The highest BCUT2D eigenvalue weighted by Crippen LogP contribution is 2.34. The van der Waals surface area contributed by atoms with Crippen molar-refractivity contribution < 1.29 is 4.79 Å². The molecule has 21 heavy (non-hydrogen) atoms. The van der Waals surface area contributed by atoms with Crippen molar-refractivity contribution in [3.8, 4) is 0 Å². The van der Waals surface area contributed by atoms with Crippen LogP contribution < -0.4 is 5.73 Å². The topological polar surface area (TPSA) is 46.3 Å². The molecule has 0 aromatic heterocycles. The van der Waals surface area contributed by atoms with E-state index >= 15 is 0 Å². The van der Waals surface area contributed by atoms with Gasteiger partial charge in [-0.3, -0.25) is 4.79 Å². The van der Waals surface area contributed by atoms with Gasteiger partial charge in [-0.2, -0.15) is 0 Å². The Labute approximate surface area is 127 Å². The van der Waals surface area contributed by atoms with Crippen molar-refractivity contribution in [1.29, 1.82) is 0 Å². The number of carbonyl (C=O) groups excluding carboxylic acids is 1. The summed E-state index contributed by atoms with van der Waals surface area (Å²) < 4.78 is 0. The van der Waals surface area contributed by atoms with Crippen LogP contribution in [0.1, 0.15) is 60.9 Å². The van der Waals surface area contributed by atoms with Gasteiger partial charge in [0.05, 0.1) is 0 Å². The summed E-state index contributed by atoms with van der Waals surface area (Å²) in [6.45, 7) is 1.46. The summed E-state index contributed by atoms with van der Waals surface area (Å²) in [4.78, 5) is 14.9. The van der Waals surface area contributed by atoms with Gasteiger partial charge in [-0.25, -0.2) is 0 Å². The molecule has 2 aliphatic rings. The molecule has 1 aliphatic carbocycles. The van der Waals surface area contributed by atoms with Gasteiger partial charge >= 0.3 is 0 Å². The zero-order valence-corrected chi connectivity index (χ0v) is 12.8. The molecule has 3 rings (SSSR count). The quantitative estimate of drug-likeness (QED) is 0.926. The van der Waals surface area contributed by atoms with E-state index in [1.807, 2.05) is 24.3 Å². The van der Waals surface area contributed by atoms with Crippen LogP contribution in [0.15, 0.2) is 24.3 Å². The fourth-order valence-corrected chi connectivity index (χ4v) is 4.00. The third-order valence-corrected chi connectivity index (χ3v) is 5.19. The van der Waals surface area contributed by atoms with E-state index in [-0.39, 0.29) is 5.91 Å². The van der Waals surface area contributed by atoms with Crippen molar-refractivity contribution >= 4 is 5.91 Å². The minimum atomic E-state index is 0.214. The molecule has 1 aliphatic heterocycles. The Morgan fingerprint density at radius 1 is 1.05 bits per heavy atom. The summed E-state index contributed by atoms with van der Waals surface area (Å²) in [6.07, 6.45) is 9.02. The molecule has 114 valence electrons. The number of benzene rings is 1. The van der Waals surface area contributed by atoms with Crippen molar-refractivity contribution in [2.45, 2.75) is 57.5 Å². The highest BCUT2D eigenvalue weighted by molar-refractivity contribution is 5.94. The first-order valence-electron chi connectivity index (χ1n) is 8.39. The monoisotopic (exact) mass is 286 g/mol. The largest absolute Gasteiger partial charge is 0.335 e. The van der Waals surface area contributed by atoms with E-state index in [4.69, 9.17) is 5.73 Å². The minimum Gasteiger partial charge on any atom is -0.335 e. The van der Waals surface area contributed by atoms with Crippen LogP contribution in [0.25, 0.3) is 0 Å². The Kier molecular flexibility index (Phi) is 4.59. The molecule has 0 bridgehead atoms. The van der Waals surface area contributed by atoms with Crippen molar-refractivity contribution in [2.75, 3.05) is 6.54 Å². The predicted octanol–water partition coefficient (Wildman–Crippen LogP) is 3.33. The van der Waals surface area contributed by atoms with E-state index in [0.29, 0.717) is 12.6 Å². The Bertz CT molecular complexity index is 476. The molecule has 1 amide bonds. The third-order valence-electron chi connectivity index (χ3n) is 5.19. The fourth-order valence-electron chi connectivity index (χ4n) is 4.00. The molecule has 3 heteroatoms. The van der Waals surface area contributed by atoms with Crippen LogP contribution in [-0.2, 0) is 6.54 Å². The molecular weight excluding hydrogens is 260 g/mol. The van der Waals surface area contributed by atoms with Gasteiger partial charge in [0.15, 0.2) is 0 Å². The van der Waals surface area contributed by atoms with Crippen LogP contribution in [0.2, 0.25) is 0 Å². The van der Waals surface area contributed by atoms with E-state index < -0.39 is 0 Å². The average molecular weight is 286 g/mol. The molecule has 2 N–H and O–H groups in total. The third kappa shape index (κ3) is 3.13. The molecule has 1 atom stereocenters. The van der Waals surface area contributed by atoms with Gasteiger partial charge in [-0.1, -0.05) is 31.4 Å². The standard InChI is InChI=1S/C18H26N2O/c19-13-14-8-10-16(11-9-14)18(21)20-12-4-7-17(20)15-5-2-1-3-6-15/h8-11,15,17H,1-7,12-13,19H2. The normalized spacial score (nSPS) is 23.5. The zero-order chi connectivity index (χ0) is 14.7. The van der Waals surface area contributed by atoms with Crippen molar-refractivity contribution in [2.24, 2.45) is 11.7 Å². The predicted molar refractivity (Wildman–Crippen MR) is 85.0 cm³/mol. The van der Waals surface area contributed by atoms with Gasteiger partial charge < -0.3 is 10.6 Å².